The van der Waals surface area contributed by atoms with Crippen LogP contribution in [-0.4, -0.2) is 64.6 Å². The Kier molecular flexibility index (Phi) is 6.88. The molecule has 0 unspecified atom stereocenters. The fourth-order valence-corrected chi connectivity index (χ4v) is 2.84. The highest BCUT2D eigenvalue weighted by Crippen LogP contribution is 2.25. The van der Waals surface area contributed by atoms with Gasteiger partial charge >= 0.3 is 0 Å². The van der Waals surface area contributed by atoms with Crippen molar-refractivity contribution in [2.75, 3.05) is 64.6 Å². The minimum absolute atomic E-state index is 0.222. The molecule has 0 amide bonds. The number of ether oxygens (including phenoxy) is 2. The third kappa shape index (κ3) is 5.79. The predicted octanol–water partition coefficient (Wildman–Crippen LogP) is 2.77. The smallest absolute Gasteiger partial charge is 0.0700 e. The van der Waals surface area contributed by atoms with Crippen LogP contribution in [0.3, 0.4) is 0 Å². The summed E-state index contributed by atoms with van der Waals surface area (Å²) in [6, 6.07) is 9.07. The first-order valence-corrected chi connectivity index (χ1v) is 8.65. The number of benzene rings is 1. The molecule has 0 spiro atoms. The molecule has 0 aromatic heterocycles. The molecular formula is C19H32N2O2. The predicted molar refractivity (Wildman–Crippen MR) is 96.5 cm³/mol. The van der Waals surface area contributed by atoms with E-state index in [-0.39, 0.29) is 5.41 Å². The molecule has 1 fully saturated rings. The van der Waals surface area contributed by atoms with Gasteiger partial charge in [0.15, 0.2) is 0 Å². The largest absolute Gasteiger partial charge is 0.382 e. The van der Waals surface area contributed by atoms with Gasteiger partial charge in [-0.25, -0.2) is 0 Å². The van der Waals surface area contributed by atoms with Crippen LogP contribution in [0, 0.1) is 0 Å². The summed E-state index contributed by atoms with van der Waals surface area (Å²) in [6.45, 7) is 14.3. The summed E-state index contributed by atoms with van der Waals surface area (Å²) >= 11 is 0. The van der Waals surface area contributed by atoms with Crippen LogP contribution < -0.4 is 4.90 Å². The number of rotatable bonds is 7. The van der Waals surface area contributed by atoms with Crippen molar-refractivity contribution in [3.8, 4) is 0 Å². The third-order valence-corrected chi connectivity index (χ3v) is 4.45. The minimum atomic E-state index is 0.222. The number of nitrogens with zero attached hydrogens (tertiary/aromatic N) is 2. The quantitative estimate of drug-likeness (QED) is 0.721. The molecule has 1 aromatic rings. The molecule has 1 aromatic carbocycles. The maximum absolute atomic E-state index is 5.55. The second-order valence-electron chi connectivity index (χ2n) is 7.23. The Morgan fingerprint density at radius 3 is 2.13 bits per heavy atom. The molecule has 1 aliphatic rings. The second kappa shape index (κ2) is 8.67. The van der Waals surface area contributed by atoms with Gasteiger partial charge in [0.2, 0.25) is 0 Å². The van der Waals surface area contributed by atoms with Gasteiger partial charge < -0.3 is 14.4 Å². The maximum Gasteiger partial charge on any atom is 0.0700 e. The van der Waals surface area contributed by atoms with Crippen molar-refractivity contribution in [2.45, 2.75) is 26.2 Å². The highest BCUT2D eigenvalue weighted by molar-refractivity contribution is 5.49. The van der Waals surface area contributed by atoms with Crippen LogP contribution in [0.2, 0.25) is 0 Å². The lowest BCUT2D eigenvalue weighted by molar-refractivity contribution is 0.0563. The highest BCUT2D eigenvalue weighted by atomic mass is 16.5. The number of methoxy groups -OCH3 is 1. The van der Waals surface area contributed by atoms with Crippen LogP contribution in [0.4, 0.5) is 5.69 Å². The van der Waals surface area contributed by atoms with Gasteiger partial charge in [0.25, 0.3) is 0 Å². The molecule has 1 heterocycles. The SMILES string of the molecule is COCCOCCN1CCN(c2ccc(C(C)(C)C)cc2)CC1. The van der Waals surface area contributed by atoms with E-state index in [4.69, 9.17) is 9.47 Å². The fraction of sp³-hybridized carbons (Fsp3) is 0.684. The van der Waals surface area contributed by atoms with Gasteiger partial charge in [-0.2, -0.15) is 0 Å². The van der Waals surface area contributed by atoms with Gasteiger partial charge in [-0.05, 0) is 23.1 Å². The van der Waals surface area contributed by atoms with Crippen molar-refractivity contribution >= 4 is 5.69 Å². The molecule has 23 heavy (non-hydrogen) atoms. The van der Waals surface area contributed by atoms with E-state index in [9.17, 15) is 0 Å². The summed E-state index contributed by atoms with van der Waals surface area (Å²) in [5.74, 6) is 0. The van der Waals surface area contributed by atoms with E-state index in [0.29, 0.717) is 13.2 Å². The van der Waals surface area contributed by atoms with Crippen LogP contribution in [0.1, 0.15) is 26.3 Å². The van der Waals surface area contributed by atoms with Crippen molar-refractivity contribution in [1.29, 1.82) is 0 Å². The Balaban J connectivity index is 1.74. The Bertz CT molecular complexity index is 445. The van der Waals surface area contributed by atoms with Gasteiger partial charge in [0.05, 0.1) is 19.8 Å². The lowest BCUT2D eigenvalue weighted by Crippen LogP contribution is -2.47. The van der Waals surface area contributed by atoms with Crippen molar-refractivity contribution in [1.82, 2.24) is 4.90 Å². The highest BCUT2D eigenvalue weighted by Gasteiger charge is 2.18. The lowest BCUT2D eigenvalue weighted by Gasteiger charge is -2.36. The lowest BCUT2D eigenvalue weighted by atomic mass is 9.87. The molecule has 0 saturated carbocycles. The van der Waals surface area contributed by atoms with Crippen LogP contribution >= 0.6 is 0 Å². The molecule has 4 nitrogen and oxygen atoms in total. The molecule has 1 aliphatic heterocycles. The molecule has 4 heteroatoms. The van der Waals surface area contributed by atoms with Crippen LogP contribution in [0.25, 0.3) is 0 Å². The maximum atomic E-state index is 5.55. The zero-order chi connectivity index (χ0) is 16.7. The molecule has 2 rings (SSSR count). The summed E-state index contributed by atoms with van der Waals surface area (Å²) in [7, 11) is 1.70. The normalized spacial score (nSPS) is 16.8. The fourth-order valence-electron chi connectivity index (χ4n) is 2.84. The summed E-state index contributed by atoms with van der Waals surface area (Å²) in [5, 5.41) is 0. The van der Waals surface area contributed by atoms with E-state index in [1.54, 1.807) is 7.11 Å². The molecule has 0 N–H and O–H groups in total. The first kappa shape index (κ1) is 18.2. The number of hydrogen-bond acceptors (Lipinski definition) is 4. The first-order chi connectivity index (χ1) is 11.0. The topological polar surface area (TPSA) is 24.9 Å². The first-order valence-electron chi connectivity index (χ1n) is 8.65. The molecular weight excluding hydrogens is 288 g/mol. The van der Waals surface area contributed by atoms with Crippen LogP contribution in [-0.2, 0) is 14.9 Å². The molecule has 0 atom stereocenters. The summed E-state index contributed by atoms with van der Waals surface area (Å²) in [4.78, 5) is 4.96. The van der Waals surface area contributed by atoms with Crippen molar-refractivity contribution in [3.63, 3.8) is 0 Å². The number of anilines is 1. The van der Waals surface area contributed by atoms with Crippen LogP contribution in [0.5, 0.6) is 0 Å². The Morgan fingerprint density at radius 2 is 1.57 bits per heavy atom. The molecule has 0 radical (unpaired) electrons. The summed E-state index contributed by atoms with van der Waals surface area (Å²) < 4.78 is 10.5. The van der Waals surface area contributed by atoms with E-state index >= 15 is 0 Å². The van der Waals surface area contributed by atoms with Crippen molar-refractivity contribution in [2.24, 2.45) is 0 Å². The monoisotopic (exact) mass is 320 g/mol. The van der Waals surface area contributed by atoms with Crippen LogP contribution in [0.15, 0.2) is 24.3 Å². The summed E-state index contributed by atoms with van der Waals surface area (Å²) in [6.07, 6.45) is 0. The van der Waals surface area contributed by atoms with Gasteiger partial charge in [-0.1, -0.05) is 32.9 Å². The Morgan fingerprint density at radius 1 is 0.913 bits per heavy atom. The second-order valence-corrected chi connectivity index (χ2v) is 7.23. The molecule has 0 aliphatic carbocycles. The van der Waals surface area contributed by atoms with E-state index in [2.05, 4.69) is 54.8 Å². The average molecular weight is 320 g/mol. The Labute approximate surface area is 141 Å². The Hall–Kier alpha value is -1.10. The number of piperazine rings is 1. The zero-order valence-electron chi connectivity index (χ0n) is 15.2. The van der Waals surface area contributed by atoms with Crippen molar-refractivity contribution < 1.29 is 9.47 Å². The standard InChI is InChI=1S/C19H32N2O2/c1-19(2,3)17-5-7-18(8-6-17)21-11-9-20(10-12-21)13-14-23-16-15-22-4/h5-8H,9-16H2,1-4H3. The average Bonchev–Trinajstić information content (AvgIpc) is 2.55. The van der Waals surface area contributed by atoms with Gasteiger partial charge in [0.1, 0.15) is 0 Å². The van der Waals surface area contributed by atoms with Crippen molar-refractivity contribution in [3.05, 3.63) is 29.8 Å². The third-order valence-electron chi connectivity index (χ3n) is 4.45. The molecule has 0 bridgehead atoms. The number of hydrogen-bond donors (Lipinski definition) is 0. The minimum Gasteiger partial charge on any atom is -0.382 e. The zero-order valence-corrected chi connectivity index (χ0v) is 15.2. The van der Waals surface area contributed by atoms with Gasteiger partial charge in [0, 0.05) is 45.5 Å². The van der Waals surface area contributed by atoms with E-state index in [0.717, 1.165) is 39.3 Å². The van der Waals surface area contributed by atoms with E-state index in [1.165, 1.54) is 11.3 Å². The summed E-state index contributed by atoms with van der Waals surface area (Å²) in [5.41, 5.74) is 2.96. The molecule has 1 saturated heterocycles. The van der Waals surface area contributed by atoms with E-state index < -0.39 is 0 Å². The molecule has 130 valence electrons. The van der Waals surface area contributed by atoms with Gasteiger partial charge in [-0.15, -0.1) is 0 Å². The van der Waals surface area contributed by atoms with Gasteiger partial charge in [-0.3, -0.25) is 4.90 Å². The van der Waals surface area contributed by atoms with E-state index in [1.807, 2.05) is 0 Å².